The molecule has 4 N–H and O–H groups in total. The molecule has 0 saturated carbocycles. The van der Waals surface area contributed by atoms with Crippen LogP contribution in [0.15, 0.2) is 24.3 Å². The smallest absolute Gasteiger partial charge is 0.136 e. The zero-order chi connectivity index (χ0) is 10.4. The van der Waals surface area contributed by atoms with Crippen LogP contribution in [0.1, 0.15) is 5.56 Å². The number of hydrogen-bond acceptors (Lipinski definition) is 4. The lowest BCUT2D eigenvalue weighted by molar-refractivity contribution is 0.184. The molecule has 1 aromatic carbocycles. The summed E-state index contributed by atoms with van der Waals surface area (Å²) in [4.78, 5) is 0. The molecule has 1 atom stereocenters. The van der Waals surface area contributed by atoms with Gasteiger partial charge in [-0.25, -0.2) is 0 Å². The maximum atomic E-state index is 9.33. The minimum Gasteiger partial charge on any atom is -0.380 e. The van der Waals surface area contributed by atoms with E-state index in [1.54, 1.807) is 7.11 Å². The topological polar surface area (TPSA) is 67.5 Å². The molecule has 0 heterocycles. The van der Waals surface area contributed by atoms with Gasteiger partial charge in [-0.1, -0.05) is 18.2 Å². The van der Waals surface area contributed by atoms with E-state index in [9.17, 15) is 5.11 Å². The van der Waals surface area contributed by atoms with Crippen molar-refractivity contribution >= 4 is 5.69 Å². The molecule has 14 heavy (non-hydrogen) atoms. The zero-order valence-corrected chi connectivity index (χ0v) is 8.23. The second-order valence-corrected chi connectivity index (χ2v) is 2.99. The lowest BCUT2D eigenvalue weighted by atomic mass is 10.2. The van der Waals surface area contributed by atoms with Crippen molar-refractivity contribution in [3.63, 3.8) is 0 Å². The summed E-state index contributed by atoms with van der Waals surface area (Å²) in [5.41, 5.74) is 7.16. The SMILES string of the molecule is COCc1ccccc1NC(O)CN. The highest BCUT2D eigenvalue weighted by Gasteiger charge is 2.04. The molecule has 0 aliphatic rings. The number of nitrogens with two attached hydrogens (primary N) is 1. The number of aliphatic hydroxyl groups excluding tert-OH is 1. The second kappa shape index (κ2) is 5.59. The van der Waals surface area contributed by atoms with Crippen LogP contribution >= 0.6 is 0 Å². The normalized spacial score (nSPS) is 12.5. The van der Waals surface area contributed by atoms with E-state index >= 15 is 0 Å². The van der Waals surface area contributed by atoms with Gasteiger partial charge in [0.2, 0.25) is 0 Å². The first-order valence-electron chi connectivity index (χ1n) is 4.49. The number of nitrogens with one attached hydrogen (secondary N) is 1. The number of rotatable bonds is 5. The summed E-state index contributed by atoms with van der Waals surface area (Å²) < 4.78 is 5.03. The standard InChI is InChI=1S/C10H16N2O2/c1-14-7-8-4-2-3-5-9(8)12-10(13)6-11/h2-5,10,12-13H,6-7,11H2,1H3. The van der Waals surface area contributed by atoms with Crippen molar-refractivity contribution in [2.24, 2.45) is 5.73 Å². The van der Waals surface area contributed by atoms with Crippen molar-refractivity contribution in [3.8, 4) is 0 Å². The van der Waals surface area contributed by atoms with Gasteiger partial charge in [-0.15, -0.1) is 0 Å². The van der Waals surface area contributed by atoms with Crippen molar-refractivity contribution in [2.75, 3.05) is 19.0 Å². The molecule has 0 aliphatic heterocycles. The number of methoxy groups -OCH3 is 1. The van der Waals surface area contributed by atoms with E-state index in [-0.39, 0.29) is 6.54 Å². The van der Waals surface area contributed by atoms with Gasteiger partial charge < -0.3 is 20.9 Å². The molecule has 0 amide bonds. The van der Waals surface area contributed by atoms with Gasteiger partial charge in [0.1, 0.15) is 6.23 Å². The fourth-order valence-electron chi connectivity index (χ4n) is 1.18. The van der Waals surface area contributed by atoms with Crippen molar-refractivity contribution in [2.45, 2.75) is 12.8 Å². The number of benzene rings is 1. The Hall–Kier alpha value is -1.10. The molecule has 0 saturated heterocycles. The van der Waals surface area contributed by atoms with Crippen LogP contribution < -0.4 is 11.1 Å². The highest BCUT2D eigenvalue weighted by atomic mass is 16.5. The fraction of sp³-hybridized carbons (Fsp3) is 0.400. The minimum atomic E-state index is -0.715. The largest absolute Gasteiger partial charge is 0.380 e. The van der Waals surface area contributed by atoms with E-state index < -0.39 is 6.23 Å². The highest BCUT2D eigenvalue weighted by molar-refractivity contribution is 5.51. The molecule has 4 heteroatoms. The summed E-state index contributed by atoms with van der Waals surface area (Å²) in [6.07, 6.45) is -0.715. The van der Waals surface area contributed by atoms with Crippen LogP contribution in [0.25, 0.3) is 0 Å². The zero-order valence-electron chi connectivity index (χ0n) is 8.23. The van der Waals surface area contributed by atoms with Crippen molar-refractivity contribution < 1.29 is 9.84 Å². The molecule has 78 valence electrons. The number of aliphatic hydroxyl groups is 1. The molecule has 4 nitrogen and oxygen atoms in total. The third-order valence-electron chi connectivity index (χ3n) is 1.86. The fourth-order valence-corrected chi connectivity index (χ4v) is 1.18. The Morgan fingerprint density at radius 2 is 2.21 bits per heavy atom. The van der Waals surface area contributed by atoms with Gasteiger partial charge in [0.05, 0.1) is 6.61 Å². The number of para-hydroxylation sites is 1. The lowest BCUT2D eigenvalue weighted by Crippen LogP contribution is -2.28. The van der Waals surface area contributed by atoms with Crippen LogP contribution in [0, 0.1) is 0 Å². The summed E-state index contributed by atoms with van der Waals surface area (Å²) in [6.45, 7) is 0.696. The second-order valence-electron chi connectivity index (χ2n) is 2.99. The van der Waals surface area contributed by atoms with Gasteiger partial charge in [0, 0.05) is 24.9 Å². The summed E-state index contributed by atoms with van der Waals surface area (Å²) in [5, 5.41) is 12.2. The molecular formula is C10H16N2O2. The van der Waals surface area contributed by atoms with Crippen molar-refractivity contribution in [1.82, 2.24) is 0 Å². The summed E-state index contributed by atoms with van der Waals surface area (Å²) in [6, 6.07) is 7.64. The molecule has 0 spiro atoms. The number of ether oxygens (including phenoxy) is 1. The van der Waals surface area contributed by atoms with Crippen LogP contribution in [-0.2, 0) is 11.3 Å². The van der Waals surface area contributed by atoms with E-state index in [1.807, 2.05) is 24.3 Å². The van der Waals surface area contributed by atoms with E-state index in [0.717, 1.165) is 11.3 Å². The highest BCUT2D eigenvalue weighted by Crippen LogP contribution is 2.16. The molecular weight excluding hydrogens is 180 g/mol. The van der Waals surface area contributed by atoms with E-state index in [2.05, 4.69) is 5.32 Å². The summed E-state index contributed by atoms with van der Waals surface area (Å²) >= 11 is 0. The quantitative estimate of drug-likeness (QED) is 0.601. The minimum absolute atomic E-state index is 0.182. The first-order chi connectivity index (χ1) is 6.77. The molecule has 0 aliphatic carbocycles. The summed E-state index contributed by atoms with van der Waals surface area (Å²) in [5.74, 6) is 0. The molecule has 0 radical (unpaired) electrons. The first-order valence-corrected chi connectivity index (χ1v) is 4.49. The number of hydrogen-bond donors (Lipinski definition) is 3. The van der Waals surface area contributed by atoms with Gasteiger partial charge in [-0.05, 0) is 6.07 Å². The van der Waals surface area contributed by atoms with E-state index in [1.165, 1.54) is 0 Å². The molecule has 0 bridgehead atoms. The maximum absolute atomic E-state index is 9.33. The van der Waals surface area contributed by atoms with Gasteiger partial charge >= 0.3 is 0 Å². The Kier molecular flexibility index (Phi) is 4.39. The van der Waals surface area contributed by atoms with Crippen LogP contribution in [-0.4, -0.2) is 25.0 Å². The maximum Gasteiger partial charge on any atom is 0.136 e. The van der Waals surface area contributed by atoms with Crippen molar-refractivity contribution in [1.29, 1.82) is 0 Å². The Balaban J connectivity index is 2.73. The van der Waals surface area contributed by atoms with Crippen LogP contribution in [0.2, 0.25) is 0 Å². The van der Waals surface area contributed by atoms with Crippen LogP contribution in [0.3, 0.4) is 0 Å². The number of anilines is 1. The van der Waals surface area contributed by atoms with Gasteiger partial charge in [-0.3, -0.25) is 0 Å². The van der Waals surface area contributed by atoms with Gasteiger partial charge in [0.25, 0.3) is 0 Å². The Labute approximate surface area is 83.7 Å². The molecule has 1 rings (SSSR count). The first kappa shape index (κ1) is 11.0. The van der Waals surface area contributed by atoms with E-state index in [4.69, 9.17) is 10.5 Å². The Bertz CT molecular complexity index is 279. The third-order valence-corrected chi connectivity index (χ3v) is 1.86. The van der Waals surface area contributed by atoms with E-state index in [0.29, 0.717) is 6.61 Å². The Morgan fingerprint density at radius 3 is 2.86 bits per heavy atom. The summed E-state index contributed by atoms with van der Waals surface area (Å²) in [7, 11) is 1.64. The predicted octanol–water partition coefficient (Wildman–Crippen LogP) is 0.522. The van der Waals surface area contributed by atoms with Crippen LogP contribution in [0.4, 0.5) is 5.69 Å². The molecule has 1 unspecified atom stereocenters. The lowest BCUT2D eigenvalue weighted by Gasteiger charge is -2.15. The Morgan fingerprint density at radius 1 is 1.50 bits per heavy atom. The van der Waals surface area contributed by atoms with Gasteiger partial charge in [-0.2, -0.15) is 0 Å². The molecule has 0 fully saturated rings. The average Bonchev–Trinajstić information content (AvgIpc) is 2.21. The molecule has 0 aromatic heterocycles. The third kappa shape index (κ3) is 2.99. The van der Waals surface area contributed by atoms with Crippen LogP contribution in [0.5, 0.6) is 0 Å². The average molecular weight is 196 g/mol. The van der Waals surface area contributed by atoms with Crippen molar-refractivity contribution in [3.05, 3.63) is 29.8 Å². The molecule has 1 aromatic rings. The predicted molar refractivity (Wildman–Crippen MR) is 55.8 cm³/mol. The van der Waals surface area contributed by atoms with Gasteiger partial charge in [0.15, 0.2) is 0 Å². The monoisotopic (exact) mass is 196 g/mol.